The van der Waals surface area contributed by atoms with Gasteiger partial charge in [0.15, 0.2) is 0 Å². The van der Waals surface area contributed by atoms with E-state index in [0.29, 0.717) is 30.3 Å². The van der Waals surface area contributed by atoms with Gasteiger partial charge in [0, 0.05) is 38.6 Å². The van der Waals surface area contributed by atoms with Gasteiger partial charge in [0.2, 0.25) is 10.0 Å². The average molecular weight is 458 g/mol. The molecule has 0 saturated carbocycles. The molecule has 1 aromatic heterocycles. The Morgan fingerprint density at radius 3 is 2.38 bits per heavy atom. The number of fused-ring (bicyclic) bond motifs is 1. The van der Waals surface area contributed by atoms with Crippen LogP contribution in [0.5, 0.6) is 0 Å². The smallest absolute Gasteiger partial charge is 0.336 e. The van der Waals surface area contributed by atoms with Crippen LogP contribution in [0.15, 0.2) is 50.5 Å². The molecule has 7 nitrogen and oxygen atoms in total. The van der Waals surface area contributed by atoms with Crippen molar-refractivity contribution in [2.75, 3.05) is 31.3 Å². The maximum Gasteiger partial charge on any atom is 0.336 e. The number of rotatable bonds is 8. The standard InChI is InChI=1S/C24H31N3O4S/c1-7-25-21-9-8-18(32(29,30)27(5)6)12-22(21)26-14-17-11-24(28)31-23-10-16(4)19(15(2)3)13-20(17)23/h8-13,15,25-26H,7,14H2,1-6H3. The van der Waals surface area contributed by atoms with Gasteiger partial charge < -0.3 is 15.1 Å². The lowest BCUT2D eigenvalue weighted by Gasteiger charge is -2.18. The molecule has 1 heterocycles. The van der Waals surface area contributed by atoms with Crippen molar-refractivity contribution in [1.82, 2.24) is 4.31 Å². The Bertz CT molecular complexity index is 1290. The predicted molar refractivity (Wildman–Crippen MR) is 130 cm³/mol. The fourth-order valence-electron chi connectivity index (χ4n) is 3.74. The van der Waals surface area contributed by atoms with Gasteiger partial charge >= 0.3 is 5.63 Å². The van der Waals surface area contributed by atoms with Crippen LogP contribution < -0.4 is 16.3 Å². The zero-order valence-electron chi connectivity index (χ0n) is 19.4. The zero-order valence-corrected chi connectivity index (χ0v) is 20.3. The van der Waals surface area contributed by atoms with E-state index in [4.69, 9.17) is 4.42 Å². The molecule has 3 rings (SSSR count). The van der Waals surface area contributed by atoms with E-state index in [1.165, 1.54) is 30.0 Å². The van der Waals surface area contributed by atoms with E-state index in [2.05, 4.69) is 30.5 Å². The lowest BCUT2D eigenvalue weighted by Crippen LogP contribution is -2.22. The van der Waals surface area contributed by atoms with Gasteiger partial charge in [-0.15, -0.1) is 0 Å². The van der Waals surface area contributed by atoms with Crippen molar-refractivity contribution in [3.63, 3.8) is 0 Å². The Balaban J connectivity index is 2.05. The Morgan fingerprint density at radius 2 is 1.75 bits per heavy atom. The second-order valence-electron chi connectivity index (χ2n) is 8.33. The number of hydrogen-bond acceptors (Lipinski definition) is 6. The predicted octanol–water partition coefficient (Wildman–Crippen LogP) is 4.52. The number of nitrogens with zero attached hydrogens (tertiary/aromatic N) is 1. The fraction of sp³-hybridized carbons (Fsp3) is 0.375. The van der Waals surface area contributed by atoms with Gasteiger partial charge in [-0.25, -0.2) is 17.5 Å². The molecular formula is C24H31N3O4S. The molecule has 0 unspecified atom stereocenters. The molecule has 2 N–H and O–H groups in total. The van der Waals surface area contributed by atoms with Crippen molar-refractivity contribution < 1.29 is 12.8 Å². The zero-order chi connectivity index (χ0) is 23.6. The summed E-state index contributed by atoms with van der Waals surface area (Å²) in [6.45, 7) is 9.27. The maximum atomic E-state index is 12.6. The highest BCUT2D eigenvalue weighted by Gasteiger charge is 2.19. The van der Waals surface area contributed by atoms with Gasteiger partial charge in [0.25, 0.3) is 0 Å². The first-order valence-electron chi connectivity index (χ1n) is 10.7. The van der Waals surface area contributed by atoms with Crippen molar-refractivity contribution in [3.05, 3.63) is 63.5 Å². The van der Waals surface area contributed by atoms with Crippen LogP contribution in [0.4, 0.5) is 11.4 Å². The monoisotopic (exact) mass is 457 g/mol. The van der Waals surface area contributed by atoms with E-state index < -0.39 is 15.6 Å². The molecule has 0 bridgehead atoms. The molecule has 0 aliphatic heterocycles. The van der Waals surface area contributed by atoms with E-state index in [1.807, 2.05) is 19.9 Å². The summed E-state index contributed by atoms with van der Waals surface area (Å²) in [6, 6.07) is 10.4. The largest absolute Gasteiger partial charge is 0.423 e. The second-order valence-corrected chi connectivity index (χ2v) is 10.5. The molecule has 172 valence electrons. The summed E-state index contributed by atoms with van der Waals surface area (Å²) in [4.78, 5) is 12.4. The summed E-state index contributed by atoms with van der Waals surface area (Å²) in [5.41, 5.74) is 4.63. The third kappa shape index (κ3) is 4.81. The van der Waals surface area contributed by atoms with Gasteiger partial charge in [-0.05, 0) is 66.8 Å². The van der Waals surface area contributed by atoms with Gasteiger partial charge in [-0.2, -0.15) is 0 Å². The molecular weight excluding hydrogens is 426 g/mol. The van der Waals surface area contributed by atoms with Crippen LogP contribution in [0.2, 0.25) is 0 Å². The molecule has 2 aromatic carbocycles. The Kier molecular flexibility index (Phi) is 6.95. The molecule has 0 aliphatic carbocycles. The molecule has 8 heteroatoms. The Morgan fingerprint density at radius 1 is 1.03 bits per heavy atom. The summed E-state index contributed by atoms with van der Waals surface area (Å²) in [7, 11) is -0.566. The highest BCUT2D eigenvalue weighted by molar-refractivity contribution is 7.89. The van der Waals surface area contributed by atoms with E-state index in [9.17, 15) is 13.2 Å². The third-order valence-corrected chi connectivity index (χ3v) is 7.26. The molecule has 0 radical (unpaired) electrons. The number of benzene rings is 2. The van der Waals surface area contributed by atoms with Crippen LogP contribution in [0, 0.1) is 6.92 Å². The highest BCUT2D eigenvalue weighted by atomic mass is 32.2. The molecule has 0 spiro atoms. The van der Waals surface area contributed by atoms with E-state index in [0.717, 1.165) is 22.2 Å². The Labute approximate surface area is 189 Å². The van der Waals surface area contributed by atoms with Crippen molar-refractivity contribution >= 4 is 32.4 Å². The summed E-state index contributed by atoms with van der Waals surface area (Å²) in [5, 5.41) is 7.44. The summed E-state index contributed by atoms with van der Waals surface area (Å²) < 4.78 is 31.8. The first-order chi connectivity index (χ1) is 15.0. The third-order valence-electron chi connectivity index (χ3n) is 5.44. The molecule has 0 fully saturated rings. The molecule has 0 saturated heterocycles. The number of nitrogens with one attached hydrogen (secondary N) is 2. The van der Waals surface area contributed by atoms with Crippen molar-refractivity contribution in [2.45, 2.75) is 45.1 Å². The van der Waals surface area contributed by atoms with E-state index >= 15 is 0 Å². The number of hydrogen-bond donors (Lipinski definition) is 2. The molecule has 0 amide bonds. The quantitative estimate of drug-likeness (QED) is 0.483. The molecule has 0 aliphatic rings. The summed E-state index contributed by atoms with van der Waals surface area (Å²) >= 11 is 0. The average Bonchev–Trinajstić information content (AvgIpc) is 2.71. The molecule has 3 aromatic rings. The van der Waals surface area contributed by atoms with Crippen molar-refractivity contribution in [2.24, 2.45) is 0 Å². The van der Waals surface area contributed by atoms with Crippen LogP contribution in [0.25, 0.3) is 11.0 Å². The number of anilines is 2. The van der Waals surface area contributed by atoms with Crippen molar-refractivity contribution in [3.8, 4) is 0 Å². The Hall–Kier alpha value is -2.84. The number of sulfonamides is 1. The number of aryl methyl sites for hydroxylation is 1. The van der Waals surface area contributed by atoms with Crippen molar-refractivity contribution in [1.29, 1.82) is 0 Å². The SMILES string of the molecule is CCNc1ccc(S(=O)(=O)N(C)C)cc1NCc1cc(=O)oc2cc(C)c(C(C)C)cc12. The van der Waals surface area contributed by atoms with Crippen LogP contribution >= 0.6 is 0 Å². The fourth-order valence-corrected chi connectivity index (χ4v) is 4.66. The van der Waals surface area contributed by atoms with E-state index in [-0.39, 0.29) is 4.90 Å². The highest BCUT2D eigenvalue weighted by Crippen LogP contribution is 2.30. The summed E-state index contributed by atoms with van der Waals surface area (Å²) in [6.07, 6.45) is 0. The topological polar surface area (TPSA) is 91.7 Å². The van der Waals surface area contributed by atoms with Gasteiger partial charge in [-0.3, -0.25) is 0 Å². The lowest BCUT2D eigenvalue weighted by atomic mass is 9.95. The lowest BCUT2D eigenvalue weighted by molar-refractivity contribution is 0.521. The first-order valence-corrected chi connectivity index (χ1v) is 12.1. The molecule has 0 atom stereocenters. The van der Waals surface area contributed by atoms with Crippen LogP contribution in [-0.2, 0) is 16.6 Å². The van der Waals surface area contributed by atoms with Crippen LogP contribution in [0.3, 0.4) is 0 Å². The maximum absolute atomic E-state index is 12.6. The minimum Gasteiger partial charge on any atom is -0.423 e. The van der Waals surface area contributed by atoms with E-state index in [1.54, 1.807) is 18.2 Å². The first kappa shape index (κ1) is 23.8. The van der Waals surface area contributed by atoms with Gasteiger partial charge in [0.05, 0.1) is 16.3 Å². The van der Waals surface area contributed by atoms with Gasteiger partial charge in [0.1, 0.15) is 5.58 Å². The molecule has 32 heavy (non-hydrogen) atoms. The minimum atomic E-state index is -3.57. The van der Waals surface area contributed by atoms with Crippen LogP contribution in [0.1, 0.15) is 43.4 Å². The summed E-state index contributed by atoms with van der Waals surface area (Å²) in [5.74, 6) is 0.334. The minimum absolute atomic E-state index is 0.196. The van der Waals surface area contributed by atoms with Crippen LogP contribution in [-0.4, -0.2) is 33.4 Å². The normalized spacial score (nSPS) is 12.0. The second kappa shape index (κ2) is 9.34. The van der Waals surface area contributed by atoms with Gasteiger partial charge in [-0.1, -0.05) is 13.8 Å².